The number of hydrogen-bond donors (Lipinski definition) is 6. The second-order valence-corrected chi connectivity index (χ2v) is 9.37. The fourth-order valence-corrected chi connectivity index (χ4v) is 5.63. The van der Waals surface area contributed by atoms with Crippen LogP contribution in [0.25, 0.3) is 0 Å². The second-order valence-electron chi connectivity index (χ2n) is 4.80. The van der Waals surface area contributed by atoms with E-state index in [0.717, 1.165) is 5.32 Å². The Kier molecular flexibility index (Phi) is 5.82. The first kappa shape index (κ1) is 19.2. The van der Waals surface area contributed by atoms with E-state index in [0.29, 0.717) is 18.0 Å². The van der Waals surface area contributed by atoms with E-state index in [4.69, 9.17) is 0 Å². The first-order valence-electron chi connectivity index (χ1n) is 5.84. The summed E-state index contributed by atoms with van der Waals surface area (Å²) in [6.45, 7) is 0.522. The lowest BCUT2D eigenvalue weighted by molar-refractivity contribution is -0.628. The summed E-state index contributed by atoms with van der Waals surface area (Å²) in [5.41, 5.74) is 0.515. The van der Waals surface area contributed by atoms with E-state index < -0.39 is 26.3 Å². The van der Waals surface area contributed by atoms with E-state index >= 15 is 0 Å². The molecule has 8 nitrogen and oxygen atoms in total. The normalized spacial score (nSPS) is 24.3. The molecular weight excluding hydrogens is 362 g/mol. The van der Waals surface area contributed by atoms with Gasteiger partial charge in [-0.05, 0) is 12.2 Å². The number of quaternary nitrogens is 1. The molecule has 0 aromatic rings. The van der Waals surface area contributed by atoms with Gasteiger partial charge in [0.15, 0.2) is 0 Å². The summed E-state index contributed by atoms with van der Waals surface area (Å²) in [6.07, 6.45) is 4.72. The zero-order chi connectivity index (χ0) is 15.2. The average Bonchev–Trinajstić information content (AvgIpc) is 2.69. The summed E-state index contributed by atoms with van der Waals surface area (Å²) in [6, 6.07) is -0.451. The average molecular weight is 379 g/mol. The molecule has 0 bridgehead atoms. The maximum Gasteiger partial charge on any atom is 0.398 e. The standard InChI is InChI=1S/C9H16N2O6P2S.ClH/c12-18(13,14)9(19(15,16)17)6-8-7(10-9)2-1-3-11(8)4-5-20;/h1-3,8,10,20H,4-6H2,(H2,12,13,14)(H2,15,16,17);1H. The molecule has 1 atom stereocenters. The van der Waals surface area contributed by atoms with Gasteiger partial charge in [0.05, 0.1) is 6.42 Å². The maximum absolute atomic E-state index is 11.7. The van der Waals surface area contributed by atoms with Crippen LogP contribution >= 0.6 is 27.8 Å². The van der Waals surface area contributed by atoms with Crippen molar-refractivity contribution in [3.8, 4) is 0 Å². The number of thiol groups is 1. The van der Waals surface area contributed by atoms with Gasteiger partial charge in [-0.15, -0.1) is 0 Å². The van der Waals surface area contributed by atoms with Crippen LogP contribution in [-0.4, -0.2) is 47.8 Å². The molecular formula is C9H17ClN2O6P2S. The van der Waals surface area contributed by atoms with Crippen molar-refractivity contribution in [2.45, 2.75) is 17.5 Å². The molecule has 0 saturated carbocycles. The molecule has 122 valence electrons. The molecule has 12 heteroatoms. The van der Waals surface area contributed by atoms with Crippen LogP contribution in [0.4, 0.5) is 0 Å². The number of halogens is 1. The summed E-state index contributed by atoms with van der Waals surface area (Å²) in [5.74, 6) is 0.521. The molecule has 0 aliphatic carbocycles. The van der Waals surface area contributed by atoms with Gasteiger partial charge < -0.3 is 36.9 Å². The molecule has 6 N–H and O–H groups in total. The minimum absolute atomic E-state index is 0. The van der Waals surface area contributed by atoms with E-state index in [1.807, 2.05) is 0 Å². The topological polar surface area (TPSA) is 135 Å². The lowest BCUT2D eigenvalue weighted by atomic mass is 10.1. The summed E-state index contributed by atoms with van der Waals surface area (Å²) in [4.78, 5) is 39.7. The van der Waals surface area contributed by atoms with Gasteiger partial charge in [-0.2, -0.15) is 12.6 Å². The molecule has 0 aromatic carbocycles. The first-order chi connectivity index (χ1) is 9.12. The van der Waals surface area contributed by atoms with Crippen LogP contribution in [0.15, 0.2) is 24.0 Å². The number of nitrogens with zero attached hydrogens (tertiary/aromatic N) is 1. The minimum Gasteiger partial charge on any atom is -1.00 e. The molecule has 1 saturated heterocycles. The summed E-state index contributed by atoms with van der Waals surface area (Å²) in [5, 5.41) is -1.38. The van der Waals surface area contributed by atoms with Gasteiger partial charge in [-0.3, -0.25) is 14.4 Å². The Morgan fingerprint density at radius 3 is 2.38 bits per heavy atom. The zero-order valence-corrected chi connectivity index (χ0v) is 14.2. The maximum atomic E-state index is 11.7. The number of hydrogen-bond acceptors (Lipinski definition) is 4. The monoisotopic (exact) mass is 378 g/mol. The molecule has 1 fully saturated rings. The van der Waals surface area contributed by atoms with Crippen molar-refractivity contribution < 1.29 is 46.4 Å². The third-order valence-electron chi connectivity index (χ3n) is 3.61. The van der Waals surface area contributed by atoms with Crippen LogP contribution in [-0.2, 0) is 9.13 Å². The number of fused-ring (bicyclic) bond motifs is 1. The van der Waals surface area contributed by atoms with Gasteiger partial charge in [0.1, 0.15) is 11.7 Å². The lowest BCUT2D eigenvalue weighted by Crippen LogP contribution is -3.00. The molecule has 2 aliphatic heterocycles. The van der Waals surface area contributed by atoms with Gasteiger partial charge in [-0.1, -0.05) is 0 Å². The largest absolute Gasteiger partial charge is 1.00 e. The highest BCUT2D eigenvalue weighted by atomic mass is 35.5. The van der Waals surface area contributed by atoms with Crippen LogP contribution in [0.2, 0.25) is 0 Å². The Hall–Kier alpha value is 0.180. The fourth-order valence-electron chi connectivity index (χ4n) is 2.58. The minimum atomic E-state index is -5.02. The predicted octanol–water partition coefficient (Wildman–Crippen LogP) is -4.02. The van der Waals surface area contributed by atoms with Crippen molar-refractivity contribution >= 4 is 27.8 Å². The van der Waals surface area contributed by atoms with Crippen molar-refractivity contribution in [1.29, 1.82) is 0 Å². The Morgan fingerprint density at radius 2 is 1.90 bits per heavy atom. The molecule has 2 aliphatic rings. The Balaban J connectivity index is 0.00000220. The van der Waals surface area contributed by atoms with E-state index in [1.54, 1.807) is 23.3 Å². The van der Waals surface area contributed by atoms with E-state index in [-0.39, 0.29) is 18.8 Å². The van der Waals surface area contributed by atoms with Crippen molar-refractivity contribution in [2.75, 3.05) is 12.3 Å². The van der Waals surface area contributed by atoms with Crippen molar-refractivity contribution in [1.82, 2.24) is 4.90 Å². The summed E-state index contributed by atoms with van der Waals surface area (Å²) in [7, 11) is -10.0. The van der Waals surface area contributed by atoms with E-state index in [2.05, 4.69) is 12.6 Å². The van der Waals surface area contributed by atoms with Gasteiger partial charge >= 0.3 is 20.2 Å². The Labute approximate surface area is 133 Å². The van der Waals surface area contributed by atoms with Crippen LogP contribution in [0.3, 0.4) is 0 Å². The molecule has 0 aromatic heterocycles. The van der Waals surface area contributed by atoms with E-state index in [1.165, 1.54) is 0 Å². The Morgan fingerprint density at radius 1 is 1.33 bits per heavy atom. The Bertz CT molecular complexity index is 536. The summed E-state index contributed by atoms with van der Waals surface area (Å²) >= 11 is 4.11. The molecule has 2 rings (SSSR count). The van der Waals surface area contributed by atoms with Crippen molar-refractivity contribution in [2.24, 2.45) is 0 Å². The van der Waals surface area contributed by atoms with Crippen LogP contribution in [0.5, 0.6) is 0 Å². The predicted molar refractivity (Wildman–Crippen MR) is 74.9 cm³/mol. The number of allylic oxidation sites excluding steroid dienone is 2. The smallest absolute Gasteiger partial charge is 0.398 e. The SMILES string of the molecule is O=P(O)(O)C1(P(=O)(O)O)CC2C(=CC=CN2CCS)[NH2+]1.[Cl-]. The van der Waals surface area contributed by atoms with E-state index in [9.17, 15) is 28.7 Å². The summed E-state index contributed by atoms with van der Waals surface area (Å²) < 4.78 is 23.4. The lowest BCUT2D eigenvalue weighted by Gasteiger charge is -2.28. The van der Waals surface area contributed by atoms with Gasteiger partial charge in [0.2, 0.25) is 0 Å². The van der Waals surface area contributed by atoms with Crippen LogP contribution in [0.1, 0.15) is 6.42 Å². The quantitative estimate of drug-likeness (QED) is 0.217. The zero-order valence-electron chi connectivity index (χ0n) is 10.8. The molecule has 2 heterocycles. The molecule has 0 radical (unpaired) electrons. The first-order valence-corrected chi connectivity index (χ1v) is 9.70. The second kappa shape index (κ2) is 6.35. The molecule has 0 spiro atoms. The number of nitrogens with two attached hydrogens (primary N) is 1. The molecule has 0 amide bonds. The van der Waals surface area contributed by atoms with Gasteiger partial charge in [-0.25, -0.2) is 0 Å². The van der Waals surface area contributed by atoms with Crippen molar-refractivity contribution in [3.05, 3.63) is 24.0 Å². The number of rotatable bonds is 4. The van der Waals surface area contributed by atoms with Crippen LogP contribution in [0, 0.1) is 0 Å². The van der Waals surface area contributed by atoms with Crippen LogP contribution < -0.4 is 17.7 Å². The third-order valence-corrected chi connectivity index (χ3v) is 8.01. The highest BCUT2D eigenvalue weighted by Crippen LogP contribution is 2.68. The van der Waals surface area contributed by atoms with Crippen molar-refractivity contribution in [3.63, 3.8) is 0 Å². The molecule has 21 heavy (non-hydrogen) atoms. The highest BCUT2D eigenvalue weighted by molar-refractivity contribution is 7.80. The van der Waals surface area contributed by atoms with Gasteiger partial charge in [0.25, 0.3) is 0 Å². The molecule has 1 unspecified atom stereocenters. The van der Waals surface area contributed by atoms with Gasteiger partial charge in [0, 0.05) is 18.5 Å². The third kappa shape index (κ3) is 3.27. The highest BCUT2D eigenvalue weighted by Gasteiger charge is 2.70. The fraction of sp³-hybridized carbons (Fsp3) is 0.556.